The molecule has 1 saturated heterocycles. The second-order valence-electron chi connectivity index (χ2n) is 4.02. The second-order valence-corrected chi connectivity index (χ2v) is 4.02. The molecule has 3 atom stereocenters. The third kappa shape index (κ3) is 2.48. The quantitative estimate of drug-likeness (QED) is 0.597. The summed E-state index contributed by atoms with van der Waals surface area (Å²) in [6.07, 6.45) is 2.66. The van der Waals surface area contributed by atoms with E-state index in [1.807, 2.05) is 0 Å². The van der Waals surface area contributed by atoms with Crippen LogP contribution in [0.1, 0.15) is 33.6 Å². The molecule has 0 spiro atoms. The molecule has 1 rings (SSSR count). The van der Waals surface area contributed by atoms with Crippen LogP contribution in [0, 0.1) is 17.8 Å². The smallest absolute Gasteiger partial charge is 0.0497 e. The molecule has 0 aromatic heterocycles. The molecule has 0 N–H and O–H groups in total. The van der Waals surface area contributed by atoms with E-state index >= 15 is 0 Å². The summed E-state index contributed by atoms with van der Waals surface area (Å²) < 4.78 is 5.52. The van der Waals surface area contributed by atoms with E-state index in [0.717, 1.165) is 31.0 Å². The molecular formula is C10H20O. The van der Waals surface area contributed by atoms with Crippen LogP contribution in [0.25, 0.3) is 0 Å². The van der Waals surface area contributed by atoms with Gasteiger partial charge >= 0.3 is 0 Å². The van der Waals surface area contributed by atoms with E-state index in [2.05, 4.69) is 20.8 Å². The molecule has 1 fully saturated rings. The zero-order valence-corrected chi connectivity index (χ0v) is 7.97. The van der Waals surface area contributed by atoms with Crippen molar-refractivity contribution in [3.8, 4) is 0 Å². The summed E-state index contributed by atoms with van der Waals surface area (Å²) in [4.78, 5) is 0. The third-order valence-corrected chi connectivity index (χ3v) is 2.89. The van der Waals surface area contributed by atoms with Crippen molar-refractivity contribution in [2.75, 3.05) is 13.2 Å². The SMILES string of the molecule is CCC(C)C1COCC(C)C1. The van der Waals surface area contributed by atoms with Gasteiger partial charge in [-0.3, -0.25) is 0 Å². The minimum absolute atomic E-state index is 0.780. The van der Waals surface area contributed by atoms with Crippen LogP contribution < -0.4 is 0 Å². The lowest BCUT2D eigenvalue weighted by atomic mass is 9.84. The summed E-state index contributed by atoms with van der Waals surface area (Å²) in [5, 5.41) is 0. The van der Waals surface area contributed by atoms with Crippen LogP contribution in [0.15, 0.2) is 0 Å². The van der Waals surface area contributed by atoms with Gasteiger partial charge in [-0.05, 0) is 24.2 Å². The summed E-state index contributed by atoms with van der Waals surface area (Å²) >= 11 is 0. The topological polar surface area (TPSA) is 9.23 Å². The van der Waals surface area contributed by atoms with Crippen LogP contribution >= 0.6 is 0 Å². The summed E-state index contributed by atoms with van der Waals surface area (Å²) in [6, 6.07) is 0. The van der Waals surface area contributed by atoms with Gasteiger partial charge in [0.2, 0.25) is 0 Å². The molecule has 0 amide bonds. The first-order chi connectivity index (χ1) is 5.24. The molecule has 66 valence electrons. The van der Waals surface area contributed by atoms with E-state index in [0.29, 0.717) is 0 Å². The van der Waals surface area contributed by atoms with Crippen LogP contribution in [-0.4, -0.2) is 13.2 Å². The van der Waals surface area contributed by atoms with Gasteiger partial charge in [0.25, 0.3) is 0 Å². The molecule has 11 heavy (non-hydrogen) atoms. The molecule has 0 aliphatic carbocycles. The molecule has 3 unspecified atom stereocenters. The predicted molar refractivity (Wildman–Crippen MR) is 47.5 cm³/mol. The molecule has 0 aromatic carbocycles. The van der Waals surface area contributed by atoms with Gasteiger partial charge in [0.15, 0.2) is 0 Å². The lowest BCUT2D eigenvalue weighted by Gasteiger charge is -2.30. The van der Waals surface area contributed by atoms with E-state index < -0.39 is 0 Å². The highest BCUT2D eigenvalue weighted by molar-refractivity contribution is 4.71. The Hall–Kier alpha value is -0.0400. The Kier molecular flexibility index (Phi) is 3.38. The van der Waals surface area contributed by atoms with Gasteiger partial charge in [-0.1, -0.05) is 27.2 Å². The maximum absolute atomic E-state index is 5.52. The first-order valence-corrected chi connectivity index (χ1v) is 4.81. The Morgan fingerprint density at radius 1 is 1.45 bits per heavy atom. The molecule has 1 nitrogen and oxygen atoms in total. The maximum atomic E-state index is 5.52. The van der Waals surface area contributed by atoms with Crippen LogP contribution in [0.5, 0.6) is 0 Å². The summed E-state index contributed by atoms with van der Waals surface area (Å²) in [6.45, 7) is 8.87. The van der Waals surface area contributed by atoms with Crippen molar-refractivity contribution in [2.45, 2.75) is 33.6 Å². The van der Waals surface area contributed by atoms with Gasteiger partial charge in [-0.15, -0.1) is 0 Å². The molecule has 0 aromatic rings. The van der Waals surface area contributed by atoms with E-state index in [-0.39, 0.29) is 0 Å². The Morgan fingerprint density at radius 3 is 2.73 bits per heavy atom. The average molecular weight is 156 g/mol. The lowest BCUT2D eigenvalue weighted by molar-refractivity contribution is 0.00189. The minimum atomic E-state index is 0.780. The molecule has 0 radical (unpaired) electrons. The number of rotatable bonds is 2. The number of hydrogen-bond acceptors (Lipinski definition) is 1. The predicted octanol–water partition coefficient (Wildman–Crippen LogP) is 2.71. The highest BCUT2D eigenvalue weighted by atomic mass is 16.5. The molecular weight excluding hydrogens is 136 g/mol. The number of ether oxygens (including phenoxy) is 1. The highest BCUT2D eigenvalue weighted by Gasteiger charge is 2.23. The Morgan fingerprint density at radius 2 is 2.18 bits per heavy atom. The van der Waals surface area contributed by atoms with E-state index in [4.69, 9.17) is 4.74 Å². The fourth-order valence-electron chi connectivity index (χ4n) is 1.80. The van der Waals surface area contributed by atoms with Gasteiger partial charge in [0, 0.05) is 13.2 Å². The van der Waals surface area contributed by atoms with Crippen molar-refractivity contribution in [2.24, 2.45) is 17.8 Å². The number of hydrogen-bond donors (Lipinski definition) is 0. The fourth-order valence-corrected chi connectivity index (χ4v) is 1.80. The minimum Gasteiger partial charge on any atom is -0.381 e. The van der Waals surface area contributed by atoms with Crippen LogP contribution in [0.4, 0.5) is 0 Å². The maximum Gasteiger partial charge on any atom is 0.0497 e. The van der Waals surface area contributed by atoms with Gasteiger partial charge < -0.3 is 4.74 Å². The highest BCUT2D eigenvalue weighted by Crippen LogP contribution is 2.27. The van der Waals surface area contributed by atoms with Crippen molar-refractivity contribution in [1.29, 1.82) is 0 Å². The van der Waals surface area contributed by atoms with Crippen LogP contribution in [-0.2, 0) is 4.74 Å². The zero-order chi connectivity index (χ0) is 8.27. The Balaban J connectivity index is 2.33. The normalized spacial score (nSPS) is 35.2. The van der Waals surface area contributed by atoms with Crippen LogP contribution in [0.2, 0.25) is 0 Å². The first kappa shape index (κ1) is 9.05. The van der Waals surface area contributed by atoms with Gasteiger partial charge in [0.05, 0.1) is 0 Å². The largest absolute Gasteiger partial charge is 0.381 e. The van der Waals surface area contributed by atoms with Gasteiger partial charge in [-0.25, -0.2) is 0 Å². The fraction of sp³-hybridized carbons (Fsp3) is 1.00. The van der Waals surface area contributed by atoms with E-state index in [1.165, 1.54) is 12.8 Å². The molecule has 1 heterocycles. The third-order valence-electron chi connectivity index (χ3n) is 2.89. The average Bonchev–Trinajstić information content (AvgIpc) is 2.03. The van der Waals surface area contributed by atoms with Crippen molar-refractivity contribution < 1.29 is 4.74 Å². The molecule has 1 heteroatoms. The van der Waals surface area contributed by atoms with Crippen molar-refractivity contribution >= 4 is 0 Å². The second kappa shape index (κ2) is 4.10. The van der Waals surface area contributed by atoms with Crippen molar-refractivity contribution in [3.63, 3.8) is 0 Å². The van der Waals surface area contributed by atoms with Crippen LogP contribution in [0.3, 0.4) is 0 Å². The van der Waals surface area contributed by atoms with E-state index in [9.17, 15) is 0 Å². The first-order valence-electron chi connectivity index (χ1n) is 4.81. The Labute approximate surface area is 70.1 Å². The standard InChI is InChI=1S/C10H20O/c1-4-9(3)10-5-8(2)6-11-7-10/h8-10H,4-7H2,1-3H3. The molecule has 1 aliphatic rings. The van der Waals surface area contributed by atoms with Crippen molar-refractivity contribution in [1.82, 2.24) is 0 Å². The molecule has 0 saturated carbocycles. The monoisotopic (exact) mass is 156 g/mol. The summed E-state index contributed by atoms with van der Waals surface area (Å²) in [7, 11) is 0. The van der Waals surface area contributed by atoms with Crippen molar-refractivity contribution in [3.05, 3.63) is 0 Å². The van der Waals surface area contributed by atoms with Gasteiger partial charge in [0.1, 0.15) is 0 Å². The summed E-state index contributed by atoms with van der Waals surface area (Å²) in [5.74, 6) is 2.45. The lowest BCUT2D eigenvalue weighted by Crippen LogP contribution is -2.28. The van der Waals surface area contributed by atoms with E-state index in [1.54, 1.807) is 0 Å². The Bertz CT molecular complexity index is 111. The molecule has 1 aliphatic heterocycles. The molecule has 0 bridgehead atoms. The zero-order valence-electron chi connectivity index (χ0n) is 7.97. The summed E-state index contributed by atoms with van der Waals surface area (Å²) in [5.41, 5.74) is 0. The van der Waals surface area contributed by atoms with Gasteiger partial charge in [-0.2, -0.15) is 0 Å².